The molecule has 0 fully saturated rings. The Morgan fingerprint density at radius 1 is 1.06 bits per heavy atom. The van der Waals surface area contributed by atoms with Gasteiger partial charge in [-0.05, 0) is 42.7 Å². The molecular weight excluding hydrogens is 235 g/mol. The van der Waals surface area contributed by atoms with Gasteiger partial charge in [-0.2, -0.15) is 0 Å². The van der Waals surface area contributed by atoms with Crippen molar-refractivity contribution in [3.8, 4) is 0 Å². The lowest BCUT2D eigenvalue weighted by Gasteiger charge is -2.14. The summed E-state index contributed by atoms with van der Waals surface area (Å²) >= 11 is 6.41. The van der Waals surface area contributed by atoms with Gasteiger partial charge in [0.15, 0.2) is 0 Å². The Bertz CT molecular complexity index is 534. The summed E-state index contributed by atoms with van der Waals surface area (Å²) in [5.41, 5.74) is 4.12. The van der Waals surface area contributed by atoms with E-state index in [0.29, 0.717) is 0 Å². The van der Waals surface area contributed by atoms with E-state index in [9.17, 15) is 4.39 Å². The SMILES string of the molecule is Cc1ccc(C)c(C(Cl)c2cccc(F)c2)c1. The van der Waals surface area contributed by atoms with Crippen LogP contribution in [0.4, 0.5) is 4.39 Å². The van der Waals surface area contributed by atoms with E-state index in [-0.39, 0.29) is 11.2 Å². The maximum absolute atomic E-state index is 13.2. The van der Waals surface area contributed by atoms with Crippen molar-refractivity contribution in [3.05, 3.63) is 70.5 Å². The molecule has 0 nitrogen and oxygen atoms in total. The van der Waals surface area contributed by atoms with Crippen molar-refractivity contribution in [2.45, 2.75) is 19.2 Å². The minimum absolute atomic E-state index is 0.251. The second-order valence-electron chi connectivity index (χ2n) is 4.28. The van der Waals surface area contributed by atoms with Gasteiger partial charge in [-0.3, -0.25) is 0 Å². The van der Waals surface area contributed by atoms with Gasteiger partial charge in [0.2, 0.25) is 0 Å². The van der Waals surface area contributed by atoms with Crippen molar-refractivity contribution in [1.29, 1.82) is 0 Å². The lowest BCUT2D eigenvalue weighted by atomic mass is 9.98. The van der Waals surface area contributed by atoms with E-state index >= 15 is 0 Å². The van der Waals surface area contributed by atoms with Crippen molar-refractivity contribution < 1.29 is 4.39 Å². The van der Waals surface area contributed by atoms with Gasteiger partial charge < -0.3 is 0 Å². The summed E-state index contributed by atoms with van der Waals surface area (Å²) in [4.78, 5) is 0. The second-order valence-corrected chi connectivity index (χ2v) is 4.71. The molecule has 1 atom stereocenters. The quantitative estimate of drug-likeness (QED) is 0.672. The Balaban J connectivity index is 2.43. The van der Waals surface area contributed by atoms with Gasteiger partial charge in [-0.15, -0.1) is 11.6 Å². The zero-order valence-electron chi connectivity index (χ0n) is 9.87. The van der Waals surface area contributed by atoms with Gasteiger partial charge in [0, 0.05) is 0 Å². The van der Waals surface area contributed by atoms with Crippen LogP contribution in [-0.2, 0) is 0 Å². The van der Waals surface area contributed by atoms with Gasteiger partial charge in [-0.25, -0.2) is 4.39 Å². The van der Waals surface area contributed by atoms with Crippen LogP contribution in [-0.4, -0.2) is 0 Å². The van der Waals surface area contributed by atoms with Gasteiger partial charge in [0.25, 0.3) is 0 Å². The summed E-state index contributed by atoms with van der Waals surface area (Å²) in [5, 5.41) is -0.300. The number of hydrogen-bond donors (Lipinski definition) is 0. The molecule has 2 heteroatoms. The highest BCUT2D eigenvalue weighted by molar-refractivity contribution is 6.22. The van der Waals surface area contributed by atoms with Crippen LogP contribution in [0.2, 0.25) is 0 Å². The third-order valence-electron chi connectivity index (χ3n) is 2.85. The molecule has 2 aromatic carbocycles. The third kappa shape index (κ3) is 2.67. The summed E-state index contributed by atoms with van der Waals surface area (Å²) in [6.45, 7) is 4.04. The molecule has 0 saturated heterocycles. The number of rotatable bonds is 2. The van der Waals surface area contributed by atoms with Gasteiger partial charge in [-0.1, -0.05) is 35.9 Å². The van der Waals surface area contributed by atoms with Crippen LogP contribution < -0.4 is 0 Å². The van der Waals surface area contributed by atoms with E-state index in [0.717, 1.165) is 22.3 Å². The molecule has 0 N–H and O–H groups in total. The minimum atomic E-state index is -0.300. The van der Waals surface area contributed by atoms with Crippen molar-refractivity contribution >= 4 is 11.6 Å². The standard InChI is InChI=1S/C15H14ClF/c1-10-6-7-11(2)14(8-10)15(16)12-4-3-5-13(17)9-12/h3-9,15H,1-2H3. The molecule has 0 radical (unpaired) electrons. The van der Waals surface area contributed by atoms with Gasteiger partial charge in [0.05, 0.1) is 5.38 Å². The number of hydrogen-bond acceptors (Lipinski definition) is 0. The van der Waals surface area contributed by atoms with Crippen LogP contribution >= 0.6 is 11.6 Å². The van der Waals surface area contributed by atoms with Crippen molar-refractivity contribution in [2.24, 2.45) is 0 Å². The summed E-state index contributed by atoms with van der Waals surface area (Å²) in [6.07, 6.45) is 0. The predicted molar refractivity (Wildman–Crippen MR) is 70.0 cm³/mol. The number of alkyl halides is 1. The van der Waals surface area contributed by atoms with E-state index in [2.05, 4.69) is 6.07 Å². The van der Waals surface area contributed by atoms with E-state index < -0.39 is 0 Å². The molecular formula is C15H14ClF. The molecule has 0 amide bonds. The molecule has 0 bridgehead atoms. The lowest BCUT2D eigenvalue weighted by Crippen LogP contribution is -1.97. The van der Waals surface area contributed by atoms with Crippen LogP contribution in [0.5, 0.6) is 0 Å². The van der Waals surface area contributed by atoms with Crippen LogP contribution in [0.1, 0.15) is 27.6 Å². The average molecular weight is 249 g/mol. The Morgan fingerprint density at radius 2 is 1.82 bits per heavy atom. The highest BCUT2D eigenvalue weighted by Gasteiger charge is 2.13. The molecule has 2 rings (SSSR count). The first-order valence-corrected chi connectivity index (χ1v) is 5.98. The predicted octanol–water partition coefficient (Wildman–Crippen LogP) is 4.77. The maximum Gasteiger partial charge on any atom is 0.123 e. The second kappa shape index (κ2) is 4.89. The largest absolute Gasteiger partial charge is 0.207 e. The van der Waals surface area contributed by atoms with Gasteiger partial charge in [0.1, 0.15) is 5.82 Å². The fourth-order valence-corrected chi connectivity index (χ4v) is 2.25. The van der Waals surface area contributed by atoms with E-state index in [1.54, 1.807) is 6.07 Å². The normalized spacial score (nSPS) is 12.5. The fraction of sp³-hybridized carbons (Fsp3) is 0.200. The summed E-state index contributed by atoms with van der Waals surface area (Å²) in [5.74, 6) is -0.251. The first-order valence-electron chi connectivity index (χ1n) is 5.54. The molecule has 0 saturated carbocycles. The Kier molecular flexibility index (Phi) is 3.49. The van der Waals surface area contributed by atoms with E-state index in [4.69, 9.17) is 11.6 Å². The molecule has 0 aliphatic carbocycles. The molecule has 0 aromatic heterocycles. The Morgan fingerprint density at radius 3 is 2.53 bits per heavy atom. The molecule has 1 unspecified atom stereocenters. The van der Waals surface area contributed by atoms with Crippen molar-refractivity contribution in [3.63, 3.8) is 0 Å². The molecule has 2 aromatic rings. The van der Waals surface area contributed by atoms with Crippen LogP contribution in [0.15, 0.2) is 42.5 Å². The van der Waals surface area contributed by atoms with Crippen molar-refractivity contribution in [1.82, 2.24) is 0 Å². The highest BCUT2D eigenvalue weighted by atomic mass is 35.5. The molecule has 0 heterocycles. The number of halogens is 2. The zero-order chi connectivity index (χ0) is 12.4. The Hall–Kier alpha value is -1.34. The summed E-state index contributed by atoms with van der Waals surface area (Å²) in [7, 11) is 0. The lowest BCUT2D eigenvalue weighted by molar-refractivity contribution is 0.625. The Labute approximate surface area is 106 Å². The number of benzene rings is 2. The minimum Gasteiger partial charge on any atom is -0.207 e. The average Bonchev–Trinajstić information content (AvgIpc) is 2.31. The first-order chi connectivity index (χ1) is 8.08. The highest BCUT2D eigenvalue weighted by Crippen LogP contribution is 2.31. The topological polar surface area (TPSA) is 0 Å². The first kappa shape index (κ1) is 12.1. The van der Waals surface area contributed by atoms with Crippen LogP contribution in [0.3, 0.4) is 0 Å². The monoisotopic (exact) mass is 248 g/mol. The fourth-order valence-electron chi connectivity index (χ4n) is 1.88. The van der Waals surface area contributed by atoms with Gasteiger partial charge >= 0.3 is 0 Å². The van der Waals surface area contributed by atoms with E-state index in [1.165, 1.54) is 12.1 Å². The van der Waals surface area contributed by atoms with Crippen molar-refractivity contribution in [2.75, 3.05) is 0 Å². The molecule has 0 aliphatic rings. The van der Waals surface area contributed by atoms with E-state index in [1.807, 2.05) is 32.0 Å². The summed E-state index contributed by atoms with van der Waals surface area (Å²) in [6, 6.07) is 12.6. The molecule has 0 spiro atoms. The molecule has 0 aliphatic heterocycles. The van der Waals surface area contributed by atoms with Crippen LogP contribution in [0, 0.1) is 19.7 Å². The summed E-state index contributed by atoms with van der Waals surface area (Å²) < 4.78 is 13.2. The van der Waals surface area contributed by atoms with Crippen LogP contribution in [0.25, 0.3) is 0 Å². The number of aryl methyl sites for hydroxylation is 2. The smallest absolute Gasteiger partial charge is 0.123 e. The molecule has 88 valence electrons. The maximum atomic E-state index is 13.2. The third-order valence-corrected chi connectivity index (χ3v) is 3.34. The molecule has 17 heavy (non-hydrogen) atoms. The zero-order valence-corrected chi connectivity index (χ0v) is 10.6.